The Kier molecular flexibility index (Phi) is 19.8. The predicted octanol–water partition coefficient (Wildman–Crippen LogP) is 34.2. The standard InChI is InChI=1S/C50H34N2.2C40H25N3/c1-4-15-37(16-5-1)50-49-46-24-13-12-23-44(46)42-21-10-11-22-43(42)45-25-14-26-47(48(45)49)52(50)41-33-29-36(30-34-41)35-27-31-40(32-28-35)51(38-17-6-2-7-18-38)39-19-8-3-9-20-39;1-3-14-26(15-4-1)38-40(42-34-24-12-11-23-33(34)41-38)43-35-25-13-22-31-29-19-8-7-18-28(29)30-20-9-10-21-32(30)37(36(31)35)39(43)27-16-5-2-6-17-27;1-3-14-26(15-4-1)38-33-22-11-12-24-34(33)41-40(42-38)43-35-25-13-23-31-29-19-8-7-18-28(29)30-20-9-10-21-32(30)37(36(31)35)39(43)27-16-5-2-6-17-27/h1-34H;2*1-25H. The van der Waals surface area contributed by atoms with E-state index in [-0.39, 0.29) is 0 Å². The van der Waals surface area contributed by atoms with Gasteiger partial charge in [-0.3, -0.25) is 9.13 Å². The zero-order valence-corrected chi connectivity index (χ0v) is 75.1. The smallest absolute Gasteiger partial charge is 0.235 e. The van der Waals surface area contributed by atoms with E-state index in [1.807, 2.05) is 30.3 Å². The maximum absolute atomic E-state index is 5.38. The third-order valence-corrected chi connectivity index (χ3v) is 27.5. The number of fused-ring (bicyclic) bond motifs is 17. The highest BCUT2D eigenvalue weighted by molar-refractivity contribution is 6.22. The van der Waals surface area contributed by atoms with Gasteiger partial charge in [-0.15, -0.1) is 0 Å². The average Bonchev–Trinajstić information content (AvgIpc) is 1.54. The van der Waals surface area contributed by atoms with Gasteiger partial charge in [-0.25, -0.2) is 19.9 Å². The maximum atomic E-state index is 5.38. The SMILES string of the molecule is c1ccc(-c2c3c4c(cccc4n2-c2ccc(-c4ccc(N(c5ccccc5)c5ccccc5)cc4)cc2)-c2ccccc2-c2ccccc2-3)cc1.c1ccc(-c2nc(-n3c(-c4ccccc4)c4c5c(cccc53)-c3ccccc3-c3ccccc3-4)nc3ccccc23)cc1.c1ccc(-c2nc3ccccc3nc2-n2c(-c3ccccc3)c3c4c(cccc42)-c2ccccc2-c2ccccc2-3)cc1. The maximum Gasteiger partial charge on any atom is 0.235 e. The van der Waals surface area contributed by atoms with Crippen LogP contribution in [0.3, 0.4) is 0 Å². The van der Waals surface area contributed by atoms with Crippen LogP contribution in [-0.2, 0) is 0 Å². The zero-order valence-electron chi connectivity index (χ0n) is 75.1. The second-order valence-corrected chi connectivity index (χ2v) is 35.3. The van der Waals surface area contributed by atoms with E-state index in [1.165, 1.54) is 144 Å². The zero-order chi connectivity index (χ0) is 91.1. The first-order valence-corrected chi connectivity index (χ1v) is 47.1. The third-order valence-electron chi connectivity index (χ3n) is 27.5. The van der Waals surface area contributed by atoms with Gasteiger partial charge < -0.3 is 9.47 Å². The molecule has 3 aliphatic carbocycles. The van der Waals surface area contributed by atoms with Crippen LogP contribution in [0.1, 0.15) is 0 Å². The first-order chi connectivity index (χ1) is 68.6. The molecule has 0 N–H and O–H groups in total. The number of hydrogen-bond donors (Lipinski definition) is 0. The topological polar surface area (TPSA) is 69.6 Å². The number of rotatable bonds is 12. The largest absolute Gasteiger partial charge is 0.311 e. The van der Waals surface area contributed by atoms with Gasteiger partial charge in [0.05, 0.1) is 55.9 Å². The molecule has 0 fully saturated rings. The second kappa shape index (κ2) is 34.0. The highest BCUT2D eigenvalue weighted by Gasteiger charge is 2.35. The molecule has 0 radical (unpaired) electrons. The Labute approximate surface area is 799 Å². The van der Waals surface area contributed by atoms with Crippen LogP contribution in [0.2, 0.25) is 0 Å². The van der Waals surface area contributed by atoms with Gasteiger partial charge in [0.15, 0.2) is 5.82 Å². The summed E-state index contributed by atoms with van der Waals surface area (Å²) in [6.07, 6.45) is 0. The summed E-state index contributed by atoms with van der Waals surface area (Å²) in [7, 11) is 0. The quantitative estimate of drug-likeness (QED) is 0.122. The number of hydrogen-bond acceptors (Lipinski definition) is 5. The Morgan fingerprint density at radius 2 is 0.449 bits per heavy atom. The van der Waals surface area contributed by atoms with Crippen molar-refractivity contribution in [2.24, 2.45) is 0 Å². The van der Waals surface area contributed by atoms with Crippen molar-refractivity contribution in [2.75, 3.05) is 4.90 Å². The fourth-order valence-corrected chi connectivity index (χ4v) is 21.6. The van der Waals surface area contributed by atoms with Crippen LogP contribution in [0.25, 0.3) is 240 Å². The van der Waals surface area contributed by atoms with Gasteiger partial charge in [0.25, 0.3) is 0 Å². The molecule has 25 aromatic rings. The molecule has 28 rings (SSSR count). The summed E-state index contributed by atoms with van der Waals surface area (Å²) in [6.45, 7) is 0. The minimum Gasteiger partial charge on any atom is -0.311 e. The molecule has 644 valence electrons. The normalized spacial score (nSPS) is 11.6. The van der Waals surface area contributed by atoms with Gasteiger partial charge in [0, 0.05) is 72.1 Å². The average molecular weight is 1760 g/mol. The summed E-state index contributed by atoms with van der Waals surface area (Å²) in [4.78, 5) is 23.5. The van der Waals surface area contributed by atoms with E-state index in [9.17, 15) is 0 Å². The van der Waals surface area contributed by atoms with Gasteiger partial charge in [-0.05, 0) is 196 Å². The van der Waals surface area contributed by atoms with E-state index < -0.39 is 0 Å². The molecule has 20 aromatic carbocycles. The Bertz CT molecular complexity index is 8980. The van der Waals surface area contributed by atoms with Crippen molar-refractivity contribution in [2.45, 2.75) is 0 Å². The Morgan fingerprint density at radius 3 is 0.862 bits per heavy atom. The molecular weight excluding hydrogens is 1670 g/mol. The summed E-state index contributed by atoms with van der Waals surface area (Å²) >= 11 is 0. The molecule has 8 heteroatoms. The molecule has 138 heavy (non-hydrogen) atoms. The van der Waals surface area contributed by atoms with Crippen molar-refractivity contribution < 1.29 is 0 Å². The van der Waals surface area contributed by atoms with Gasteiger partial charge >= 0.3 is 0 Å². The van der Waals surface area contributed by atoms with E-state index in [4.69, 9.17) is 19.9 Å². The van der Waals surface area contributed by atoms with Crippen molar-refractivity contribution in [1.29, 1.82) is 0 Å². The summed E-state index contributed by atoms with van der Waals surface area (Å²) in [5, 5.41) is 4.78. The van der Waals surface area contributed by atoms with Crippen LogP contribution >= 0.6 is 0 Å². The Hall–Kier alpha value is -18.5. The Morgan fingerprint density at radius 1 is 0.167 bits per heavy atom. The van der Waals surface area contributed by atoms with Crippen LogP contribution in [-0.4, -0.2) is 33.6 Å². The molecule has 3 aliphatic rings. The van der Waals surface area contributed by atoms with Crippen LogP contribution in [0.15, 0.2) is 510 Å². The summed E-state index contributed by atoms with van der Waals surface area (Å²) < 4.78 is 7.11. The van der Waals surface area contributed by atoms with Crippen LogP contribution in [0.5, 0.6) is 0 Å². The molecule has 0 saturated heterocycles. The van der Waals surface area contributed by atoms with Crippen molar-refractivity contribution in [3.8, 4) is 185 Å². The summed E-state index contributed by atoms with van der Waals surface area (Å²) in [5.41, 5.74) is 46.1. The van der Waals surface area contributed by atoms with Gasteiger partial charge in [-0.2, -0.15) is 0 Å². The molecule has 0 atom stereocenters. The molecule has 5 aromatic heterocycles. The van der Waals surface area contributed by atoms with E-state index in [1.54, 1.807) is 0 Å². The number of benzene rings is 20. The number of nitrogens with zero attached hydrogens (tertiary/aromatic N) is 8. The minimum atomic E-state index is 0.663. The third kappa shape index (κ3) is 13.5. The highest BCUT2D eigenvalue weighted by atomic mass is 15.2. The lowest BCUT2D eigenvalue weighted by atomic mass is 9.93. The minimum absolute atomic E-state index is 0.663. The summed E-state index contributed by atoms with van der Waals surface area (Å²) in [6, 6.07) is 182. The lowest BCUT2D eigenvalue weighted by molar-refractivity contribution is 0.991. The first kappa shape index (κ1) is 80.4. The van der Waals surface area contributed by atoms with Crippen LogP contribution in [0.4, 0.5) is 17.1 Å². The predicted molar refractivity (Wildman–Crippen MR) is 573 cm³/mol. The van der Waals surface area contributed by atoms with Crippen molar-refractivity contribution in [3.05, 3.63) is 510 Å². The van der Waals surface area contributed by atoms with Crippen molar-refractivity contribution >= 4 is 71.7 Å². The molecule has 0 spiro atoms. The molecule has 0 aliphatic heterocycles. The van der Waals surface area contributed by atoms with Gasteiger partial charge in [0.2, 0.25) is 5.95 Å². The highest BCUT2D eigenvalue weighted by Crippen LogP contribution is 2.58. The second-order valence-electron chi connectivity index (χ2n) is 35.3. The molecule has 0 saturated carbocycles. The Balaban J connectivity index is 0.000000108. The molecule has 8 nitrogen and oxygen atoms in total. The fraction of sp³-hybridized carbons (Fsp3) is 0. The molecule has 0 bridgehead atoms. The van der Waals surface area contributed by atoms with Gasteiger partial charge in [-0.1, -0.05) is 425 Å². The molecule has 0 amide bonds. The van der Waals surface area contributed by atoms with Crippen molar-refractivity contribution in [1.82, 2.24) is 33.6 Å². The molecule has 5 heterocycles. The van der Waals surface area contributed by atoms with E-state index in [0.717, 1.165) is 107 Å². The van der Waals surface area contributed by atoms with E-state index in [0.29, 0.717) is 5.95 Å². The molecular formula is C130H84N8. The monoisotopic (exact) mass is 1760 g/mol. The fourth-order valence-electron chi connectivity index (χ4n) is 21.6. The van der Waals surface area contributed by atoms with Crippen LogP contribution < -0.4 is 4.90 Å². The first-order valence-electron chi connectivity index (χ1n) is 47.1. The lowest BCUT2D eigenvalue weighted by Gasteiger charge is -2.25. The number of para-hydroxylation sites is 5. The number of anilines is 3. The molecule has 0 unspecified atom stereocenters. The number of aromatic nitrogens is 7. The lowest BCUT2D eigenvalue weighted by Crippen LogP contribution is -2.09. The summed E-state index contributed by atoms with van der Waals surface area (Å²) in [5.74, 6) is 1.49. The van der Waals surface area contributed by atoms with Gasteiger partial charge in [0.1, 0.15) is 5.69 Å². The van der Waals surface area contributed by atoms with E-state index >= 15 is 0 Å². The van der Waals surface area contributed by atoms with Crippen molar-refractivity contribution in [3.63, 3.8) is 0 Å². The van der Waals surface area contributed by atoms with Crippen LogP contribution in [0, 0.1) is 0 Å². The van der Waals surface area contributed by atoms with E-state index in [2.05, 4.69) is 498 Å².